The van der Waals surface area contributed by atoms with Gasteiger partial charge in [-0.25, -0.2) is 0 Å². The molecule has 2 aromatic carbocycles. The SMILES string of the molecule is CC(=O)N1CCC(C(=O)N(CCCN2C3CCC2CC(NC(=O)Cc2c[nH]c4ccccc24)C3)c2ccc(C)c(Cl)c2)CC1. The first-order valence-corrected chi connectivity index (χ1v) is 16.6. The lowest BCUT2D eigenvalue weighted by molar-refractivity contribution is -0.133. The maximum atomic E-state index is 13.8. The van der Waals surface area contributed by atoms with Crippen molar-refractivity contribution < 1.29 is 14.4 Å². The van der Waals surface area contributed by atoms with Crippen LogP contribution >= 0.6 is 11.6 Å². The van der Waals surface area contributed by atoms with E-state index in [1.807, 2.05) is 59.3 Å². The molecule has 3 aromatic rings. The number of benzene rings is 2. The zero-order valence-corrected chi connectivity index (χ0v) is 26.6. The molecule has 2 atom stereocenters. The molecule has 3 aliphatic rings. The molecule has 234 valence electrons. The number of rotatable bonds is 9. The van der Waals surface area contributed by atoms with Gasteiger partial charge in [0.2, 0.25) is 17.7 Å². The van der Waals surface area contributed by atoms with Crippen molar-refractivity contribution in [1.29, 1.82) is 0 Å². The van der Waals surface area contributed by atoms with E-state index in [-0.39, 0.29) is 29.7 Å². The van der Waals surface area contributed by atoms with Crippen LogP contribution in [0.3, 0.4) is 0 Å². The van der Waals surface area contributed by atoms with Crippen LogP contribution in [0.1, 0.15) is 63.0 Å². The molecule has 2 N–H and O–H groups in total. The van der Waals surface area contributed by atoms with Gasteiger partial charge in [-0.1, -0.05) is 35.9 Å². The lowest BCUT2D eigenvalue weighted by Crippen LogP contribution is -2.51. The van der Waals surface area contributed by atoms with Gasteiger partial charge in [-0.05, 0) is 81.2 Å². The minimum absolute atomic E-state index is 0.0744. The van der Waals surface area contributed by atoms with Gasteiger partial charge >= 0.3 is 0 Å². The number of aromatic nitrogens is 1. The van der Waals surface area contributed by atoms with Gasteiger partial charge in [0.1, 0.15) is 0 Å². The molecule has 2 unspecified atom stereocenters. The van der Waals surface area contributed by atoms with Crippen LogP contribution in [0.25, 0.3) is 10.9 Å². The van der Waals surface area contributed by atoms with Crippen LogP contribution in [0.2, 0.25) is 5.02 Å². The highest BCUT2D eigenvalue weighted by Crippen LogP contribution is 2.36. The van der Waals surface area contributed by atoms with Crippen LogP contribution in [0.15, 0.2) is 48.7 Å². The normalized spacial score (nSPS) is 22.3. The van der Waals surface area contributed by atoms with Crippen LogP contribution in [0, 0.1) is 12.8 Å². The Morgan fingerprint density at radius 3 is 2.45 bits per heavy atom. The van der Waals surface area contributed by atoms with Crippen LogP contribution in [0.4, 0.5) is 5.69 Å². The highest BCUT2D eigenvalue weighted by atomic mass is 35.5. The van der Waals surface area contributed by atoms with Crippen molar-refractivity contribution in [1.82, 2.24) is 20.1 Å². The topological polar surface area (TPSA) is 88.8 Å². The number of aromatic amines is 1. The lowest BCUT2D eigenvalue weighted by atomic mass is 9.94. The van der Waals surface area contributed by atoms with E-state index in [9.17, 15) is 14.4 Å². The summed E-state index contributed by atoms with van der Waals surface area (Å²) < 4.78 is 0. The number of aryl methyl sites for hydroxylation is 1. The zero-order chi connectivity index (χ0) is 30.8. The second-order valence-electron chi connectivity index (χ2n) is 13.0. The maximum absolute atomic E-state index is 13.8. The number of nitrogens with zero attached hydrogens (tertiary/aromatic N) is 3. The third kappa shape index (κ3) is 6.66. The molecule has 6 rings (SSSR count). The Labute approximate surface area is 265 Å². The number of halogens is 1. The molecule has 0 radical (unpaired) electrons. The van der Waals surface area contributed by atoms with Gasteiger partial charge in [-0.15, -0.1) is 0 Å². The molecule has 4 heterocycles. The molecule has 44 heavy (non-hydrogen) atoms. The summed E-state index contributed by atoms with van der Waals surface area (Å²) >= 11 is 6.50. The molecular weight excluding hydrogens is 574 g/mol. The van der Waals surface area contributed by atoms with Crippen LogP contribution in [-0.4, -0.2) is 76.8 Å². The van der Waals surface area contributed by atoms with E-state index in [0.29, 0.717) is 56.0 Å². The number of carbonyl (C=O) groups excluding carboxylic acids is 3. The van der Waals surface area contributed by atoms with Crippen LogP contribution in [0.5, 0.6) is 0 Å². The molecule has 1 aromatic heterocycles. The number of H-pyrrole nitrogens is 1. The van der Waals surface area contributed by atoms with Crippen molar-refractivity contribution in [3.63, 3.8) is 0 Å². The summed E-state index contributed by atoms with van der Waals surface area (Å²) in [5.41, 5.74) is 3.94. The van der Waals surface area contributed by atoms with Crippen molar-refractivity contribution in [2.24, 2.45) is 5.92 Å². The molecule has 2 bridgehead atoms. The van der Waals surface area contributed by atoms with E-state index >= 15 is 0 Å². The van der Waals surface area contributed by atoms with Gasteiger partial charge in [0.15, 0.2) is 0 Å². The number of hydrogen-bond donors (Lipinski definition) is 2. The third-order valence-corrected chi connectivity index (χ3v) is 10.5. The molecule has 0 aliphatic carbocycles. The highest BCUT2D eigenvalue weighted by molar-refractivity contribution is 6.31. The van der Waals surface area contributed by atoms with Gasteiger partial charge < -0.3 is 20.1 Å². The Morgan fingerprint density at radius 2 is 1.75 bits per heavy atom. The van der Waals surface area contributed by atoms with Gasteiger partial charge in [-0.2, -0.15) is 0 Å². The van der Waals surface area contributed by atoms with Gasteiger partial charge in [0.25, 0.3) is 0 Å². The van der Waals surface area contributed by atoms with E-state index in [4.69, 9.17) is 11.6 Å². The molecular formula is C35H44ClN5O3. The van der Waals surface area contributed by atoms with Crippen molar-refractivity contribution in [2.45, 2.75) is 83.3 Å². The number of fused-ring (bicyclic) bond motifs is 3. The Morgan fingerprint density at radius 1 is 1.02 bits per heavy atom. The summed E-state index contributed by atoms with van der Waals surface area (Å²) in [5, 5.41) is 5.12. The van der Waals surface area contributed by atoms with Crippen molar-refractivity contribution in [2.75, 3.05) is 31.1 Å². The Hall–Kier alpha value is -3.36. The molecule has 0 saturated carbocycles. The number of para-hydroxylation sites is 1. The summed E-state index contributed by atoms with van der Waals surface area (Å²) in [5.74, 6) is 0.205. The summed E-state index contributed by atoms with van der Waals surface area (Å²) in [6.45, 7) is 6.39. The summed E-state index contributed by atoms with van der Waals surface area (Å²) in [7, 11) is 0. The third-order valence-electron chi connectivity index (χ3n) is 10.1. The minimum Gasteiger partial charge on any atom is -0.361 e. The fourth-order valence-corrected chi connectivity index (χ4v) is 7.85. The van der Waals surface area contributed by atoms with Crippen LogP contribution < -0.4 is 10.2 Å². The zero-order valence-electron chi connectivity index (χ0n) is 25.9. The van der Waals surface area contributed by atoms with E-state index in [0.717, 1.165) is 66.4 Å². The quantitative estimate of drug-likeness (QED) is 0.334. The summed E-state index contributed by atoms with van der Waals surface area (Å²) in [6.07, 6.45) is 8.85. The second kappa shape index (κ2) is 13.3. The second-order valence-corrected chi connectivity index (χ2v) is 13.4. The molecule has 8 nitrogen and oxygen atoms in total. The molecule has 3 fully saturated rings. The van der Waals surface area contributed by atoms with Crippen LogP contribution in [-0.2, 0) is 20.8 Å². The smallest absolute Gasteiger partial charge is 0.230 e. The molecule has 3 aliphatic heterocycles. The van der Waals surface area contributed by atoms with Gasteiger partial charge in [0.05, 0.1) is 6.42 Å². The number of anilines is 1. The fourth-order valence-electron chi connectivity index (χ4n) is 7.68. The Bertz CT molecular complexity index is 1500. The number of hydrogen-bond acceptors (Lipinski definition) is 4. The van der Waals surface area contributed by atoms with Crippen molar-refractivity contribution in [3.8, 4) is 0 Å². The highest BCUT2D eigenvalue weighted by Gasteiger charge is 2.41. The molecule has 3 saturated heterocycles. The van der Waals surface area contributed by atoms with E-state index in [1.165, 1.54) is 0 Å². The Kier molecular flexibility index (Phi) is 9.29. The molecule has 9 heteroatoms. The summed E-state index contributed by atoms with van der Waals surface area (Å²) in [4.78, 5) is 48.3. The van der Waals surface area contributed by atoms with Crippen molar-refractivity contribution in [3.05, 3.63) is 64.8 Å². The first kappa shape index (κ1) is 30.7. The average molecular weight is 618 g/mol. The number of amides is 3. The van der Waals surface area contributed by atoms with E-state index in [1.54, 1.807) is 6.92 Å². The van der Waals surface area contributed by atoms with E-state index < -0.39 is 0 Å². The van der Waals surface area contributed by atoms with Gasteiger partial charge in [0, 0.05) is 85.0 Å². The predicted molar refractivity (Wildman–Crippen MR) is 175 cm³/mol. The lowest BCUT2D eigenvalue weighted by Gasteiger charge is -2.40. The fraction of sp³-hybridized carbons (Fsp3) is 0.514. The Balaban J connectivity index is 1.04. The monoisotopic (exact) mass is 617 g/mol. The van der Waals surface area contributed by atoms with E-state index in [2.05, 4.69) is 21.3 Å². The maximum Gasteiger partial charge on any atom is 0.230 e. The first-order valence-electron chi connectivity index (χ1n) is 16.2. The minimum atomic E-state index is -0.0922. The number of likely N-dealkylation sites (tertiary alicyclic amines) is 1. The predicted octanol–water partition coefficient (Wildman–Crippen LogP) is 5.47. The molecule has 3 amide bonds. The largest absolute Gasteiger partial charge is 0.361 e. The molecule has 0 spiro atoms. The number of carbonyl (C=O) groups is 3. The standard InChI is InChI=1S/C35H44ClN5O3/c1-23-8-9-30(21-32(23)36)41(35(44)25-12-16-39(17-13-25)24(2)42)15-5-14-40-28-10-11-29(40)20-27(19-28)38-34(43)18-26-22-37-33-7-4-3-6-31(26)33/h3-4,6-9,21-22,25,27-29,37H,5,10-20H2,1-2H3,(H,38,43). The number of nitrogens with one attached hydrogen (secondary N) is 2. The first-order chi connectivity index (χ1) is 21.3. The average Bonchev–Trinajstić information content (AvgIpc) is 3.52. The van der Waals surface area contributed by atoms with Crippen molar-refractivity contribution >= 4 is 45.9 Å². The van der Waals surface area contributed by atoms with Gasteiger partial charge in [-0.3, -0.25) is 19.3 Å². The number of piperidine rings is 2. The summed E-state index contributed by atoms with van der Waals surface area (Å²) in [6, 6.07) is 15.1.